The summed E-state index contributed by atoms with van der Waals surface area (Å²) in [5, 5.41) is 16.3. The zero-order valence-electron chi connectivity index (χ0n) is 19.1. The number of carbonyl (C=O) groups excluding carboxylic acids is 2. The first-order valence-corrected chi connectivity index (χ1v) is 11.3. The molecular formula is C23H30ClN3O7. The van der Waals surface area contributed by atoms with Gasteiger partial charge in [0.05, 0.1) is 19.6 Å². The number of rotatable bonds is 6. The van der Waals surface area contributed by atoms with Crippen LogP contribution in [0.4, 0.5) is 4.79 Å². The van der Waals surface area contributed by atoms with Gasteiger partial charge in [-0.25, -0.2) is 14.4 Å². The van der Waals surface area contributed by atoms with Crippen LogP contribution in [0.25, 0.3) is 0 Å². The van der Waals surface area contributed by atoms with Gasteiger partial charge in [-0.15, -0.1) is 0 Å². The van der Waals surface area contributed by atoms with Crippen molar-refractivity contribution in [1.82, 2.24) is 14.7 Å². The number of hydrogen-bond acceptors (Lipinski definition) is 6. The van der Waals surface area contributed by atoms with E-state index < -0.39 is 11.9 Å². The second-order valence-corrected chi connectivity index (χ2v) is 8.41. The van der Waals surface area contributed by atoms with Crippen molar-refractivity contribution < 1.29 is 34.1 Å². The van der Waals surface area contributed by atoms with Crippen LogP contribution in [-0.2, 0) is 25.5 Å². The van der Waals surface area contributed by atoms with E-state index in [9.17, 15) is 19.2 Å². The van der Waals surface area contributed by atoms with Crippen molar-refractivity contribution in [3.8, 4) is 0 Å². The minimum absolute atomic E-state index is 0.000695. The van der Waals surface area contributed by atoms with Gasteiger partial charge >= 0.3 is 18.0 Å². The number of benzene rings is 1. The lowest BCUT2D eigenvalue weighted by molar-refractivity contribution is -0.135. The molecule has 0 bridgehead atoms. The second-order valence-electron chi connectivity index (χ2n) is 7.98. The lowest BCUT2D eigenvalue weighted by atomic mass is 10.1. The van der Waals surface area contributed by atoms with Crippen LogP contribution < -0.4 is 0 Å². The molecule has 0 spiro atoms. The number of likely N-dealkylation sites (tertiary alicyclic amines) is 1. The Balaban J connectivity index is 0.000000440. The van der Waals surface area contributed by atoms with Gasteiger partial charge in [-0.05, 0) is 43.6 Å². The number of nitrogens with zero attached hydrogens (tertiary/aromatic N) is 3. The first-order valence-electron chi connectivity index (χ1n) is 10.9. The van der Waals surface area contributed by atoms with Gasteiger partial charge in [-0.3, -0.25) is 4.79 Å². The van der Waals surface area contributed by atoms with Gasteiger partial charge in [0, 0.05) is 43.4 Å². The molecule has 2 fully saturated rings. The number of carboxylic acids is 2. The van der Waals surface area contributed by atoms with E-state index in [2.05, 4.69) is 4.90 Å². The average Bonchev–Trinajstić information content (AvgIpc) is 3.32. The maximum Gasteiger partial charge on any atom is 0.409 e. The van der Waals surface area contributed by atoms with E-state index in [1.54, 1.807) is 17.0 Å². The molecule has 186 valence electrons. The van der Waals surface area contributed by atoms with Gasteiger partial charge in [0.2, 0.25) is 5.91 Å². The number of hydrogen-bond donors (Lipinski definition) is 2. The molecule has 1 unspecified atom stereocenters. The number of aliphatic carboxylic acids is 2. The predicted molar refractivity (Wildman–Crippen MR) is 125 cm³/mol. The van der Waals surface area contributed by atoms with E-state index in [0.717, 1.165) is 25.2 Å². The molecule has 0 radical (unpaired) electrons. The van der Waals surface area contributed by atoms with Gasteiger partial charge in [-0.1, -0.05) is 23.7 Å². The van der Waals surface area contributed by atoms with E-state index in [1.807, 2.05) is 17.0 Å². The monoisotopic (exact) mass is 495 g/mol. The largest absolute Gasteiger partial charge is 0.478 e. The van der Waals surface area contributed by atoms with Crippen molar-refractivity contribution in [2.45, 2.75) is 25.3 Å². The van der Waals surface area contributed by atoms with Gasteiger partial charge in [0.15, 0.2) is 0 Å². The van der Waals surface area contributed by atoms with E-state index in [4.69, 9.17) is 26.6 Å². The number of amides is 2. The third-order valence-corrected chi connectivity index (χ3v) is 5.79. The quantitative estimate of drug-likeness (QED) is 0.573. The van der Waals surface area contributed by atoms with Crippen LogP contribution in [-0.4, -0.2) is 101 Å². The fourth-order valence-electron chi connectivity index (χ4n) is 3.92. The minimum atomic E-state index is -1.26. The first kappa shape index (κ1) is 27.1. The Morgan fingerprint density at radius 1 is 1.00 bits per heavy atom. The number of carbonyl (C=O) groups is 4. The van der Waals surface area contributed by atoms with Crippen LogP contribution in [0.1, 0.15) is 18.4 Å². The number of carboxylic acid groups (broad SMARTS) is 2. The van der Waals surface area contributed by atoms with Crippen molar-refractivity contribution in [3.63, 3.8) is 0 Å². The maximum absolute atomic E-state index is 12.9. The first-order chi connectivity index (χ1) is 16.2. The Hall–Kier alpha value is -3.11. The molecule has 0 aromatic heterocycles. The molecule has 1 atom stereocenters. The van der Waals surface area contributed by atoms with E-state index in [0.29, 0.717) is 43.2 Å². The molecule has 1 aromatic carbocycles. The minimum Gasteiger partial charge on any atom is -0.478 e. The fraction of sp³-hybridized carbons (Fsp3) is 0.478. The Morgan fingerprint density at radius 2 is 1.59 bits per heavy atom. The van der Waals surface area contributed by atoms with E-state index in [1.165, 1.54) is 20.0 Å². The summed E-state index contributed by atoms with van der Waals surface area (Å²) in [5.74, 6) is -2.42. The Labute approximate surface area is 203 Å². The van der Waals surface area contributed by atoms with Crippen LogP contribution >= 0.6 is 11.6 Å². The molecule has 1 aromatic rings. The molecule has 0 aliphatic carbocycles. The highest BCUT2D eigenvalue weighted by Crippen LogP contribution is 2.18. The van der Waals surface area contributed by atoms with Gasteiger partial charge in [-0.2, -0.15) is 0 Å². The normalized spacial score (nSPS) is 18.4. The van der Waals surface area contributed by atoms with Gasteiger partial charge in [0.1, 0.15) is 0 Å². The summed E-state index contributed by atoms with van der Waals surface area (Å²) >= 11 is 5.92. The molecule has 2 N–H and O–H groups in total. The summed E-state index contributed by atoms with van der Waals surface area (Å²) in [6, 6.07) is 7.39. The highest BCUT2D eigenvalue weighted by Gasteiger charge is 2.34. The molecule has 2 saturated heterocycles. The third-order valence-electron chi connectivity index (χ3n) is 5.54. The fourth-order valence-corrected chi connectivity index (χ4v) is 4.05. The Bertz CT molecular complexity index is 869. The molecule has 2 amide bonds. The van der Waals surface area contributed by atoms with Crippen molar-refractivity contribution in [1.29, 1.82) is 0 Å². The van der Waals surface area contributed by atoms with Crippen LogP contribution in [0.5, 0.6) is 0 Å². The Kier molecular flexibility index (Phi) is 10.8. The number of methoxy groups -OCH3 is 1. The van der Waals surface area contributed by atoms with Crippen LogP contribution in [0, 0.1) is 0 Å². The standard InChI is InChI=1S/C19H26ClN3O3.C4H4O4/c1-26-19(25)22-10-11-23(17(14-22)13-21-8-2-3-9-21)18(24)12-15-4-6-16(20)7-5-15;5-3(6)1-2-4(7)8/h4-7,17H,2-3,8-14H2,1H3;1-2H,(H,5,6)(H,7,8)/b;2-1+. The van der Waals surface area contributed by atoms with Crippen molar-refractivity contribution in [3.05, 3.63) is 47.0 Å². The highest BCUT2D eigenvalue weighted by molar-refractivity contribution is 6.30. The summed E-state index contributed by atoms with van der Waals surface area (Å²) in [5.41, 5.74) is 0.953. The van der Waals surface area contributed by atoms with Crippen molar-refractivity contribution >= 4 is 35.5 Å². The molecule has 3 rings (SSSR count). The SMILES string of the molecule is COC(=O)N1CCN(C(=O)Cc2ccc(Cl)cc2)C(CN2CCCC2)C1.O=C(O)/C=C/C(=O)O. The summed E-state index contributed by atoms with van der Waals surface area (Å²) in [6.45, 7) is 4.51. The Morgan fingerprint density at radius 3 is 2.12 bits per heavy atom. The van der Waals surface area contributed by atoms with Gasteiger partial charge in [0.25, 0.3) is 0 Å². The molecule has 11 heteroatoms. The third kappa shape index (κ3) is 9.03. The van der Waals surface area contributed by atoms with Gasteiger partial charge < -0.3 is 29.6 Å². The van der Waals surface area contributed by atoms with Crippen LogP contribution in [0.15, 0.2) is 36.4 Å². The summed E-state index contributed by atoms with van der Waals surface area (Å²) in [4.78, 5) is 50.0. The van der Waals surface area contributed by atoms with E-state index >= 15 is 0 Å². The maximum atomic E-state index is 12.9. The number of halogens is 1. The van der Waals surface area contributed by atoms with Crippen molar-refractivity contribution in [2.75, 3.05) is 46.4 Å². The zero-order valence-corrected chi connectivity index (χ0v) is 19.8. The number of ether oxygens (including phenoxy) is 1. The van der Waals surface area contributed by atoms with Crippen LogP contribution in [0.3, 0.4) is 0 Å². The van der Waals surface area contributed by atoms with Crippen molar-refractivity contribution in [2.24, 2.45) is 0 Å². The molecule has 2 aliphatic heterocycles. The zero-order chi connectivity index (χ0) is 25.1. The summed E-state index contributed by atoms with van der Waals surface area (Å²) in [6.07, 6.45) is 3.55. The average molecular weight is 496 g/mol. The molecule has 34 heavy (non-hydrogen) atoms. The lowest BCUT2D eigenvalue weighted by Gasteiger charge is -2.42. The molecule has 2 aliphatic rings. The molecule has 10 nitrogen and oxygen atoms in total. The lowest BCUT2D eigenvalue weighted by Crippen LogP contribution is -2.59. The topological polar surface area (TPSA) is 128 Å². The van der Waals surface area contributed by atoms with E-state index in [-0.39, 0.29) is 18.0 Å². The smallest absolute Gasteiger partial charge is 0.409 e. The highest BCUT2D eigenvalue weighted by atomic mass is 35.5. The molecular weight excluding hydrogens is 466 g/mol. The van der Waals surface area contributed by atoms with Crippen LogP contribution in [0.2, 0.25) is 5.02 Å². The summed E-state index contributed by atoms with van der Waals surface area (Å²) < 4.78 is 4.87. The summed E-state index contributed by atoms with van der Waals surface area (Å²) in [7, 11) is 1.40. The predicted octanol–water partition coefficient (Wildman–Crippen LogP) is 1.97. The number of piperazine rings is 1. The second kappa shape index (κ2) is 13.6. The molecule has 0 saturated carbocycles. The molecule has 2 heterocycles.